The lowest BCUT2D eigenvalue weighted by molar-refractivity contribution is -0.123. The summed E-state index contributed by atoms with van der Waals surface area (Å²) >= 11 is 0. The number of para-hydroxylation sites is 1. The Kier molecular flexibility index (Phi) is 6.26. The highest BCUT2D eigenvalue weighted by atomic mass is 16.5. The van der Waals surface area contributed by atoms with Crippen molar-refractivity contribution in [1.29, 1.82) is 0 Å². The van der Waals surface area contributed by atoms with E-state index in [2.05, 4.69) is 12.0 Å². The molecule has 2 aromatic carbocycles. The van der Waals surface area contributed by atoms with Gasteiger partial charge in [-0.25, -0.2) is 14.3 Å². The van der Waals surface area contributed by atoms with Gasteiger partial charge in [0.15, 0.2) is 6.61 Å². The zero-order valence-electron chi connectivity index (χ0n) is 16.7. The Morgan fingerprint density at radius 2 is 1.80 bits per heavy atom. The van der Waals surface area contributed by atoms with Crippen LogP contribution in [0.5, 0.6) is 0 Å². The molecule has 3 N–H and O–H groups in total. The second-order valence-electron chi connectivity index (χ2n) is 6.66. The van der Waals surface area contributed by atoms with Crippen LogP contribution in [0.15, 0.2) is 54.7 Å². The van der Waals surface area contributed by atoms with Gasteiger partial charge in [0.2, 0.25) is 0 Å². The van der Waals surface area contributed by atoms with Gasteiger partial charge in [-0.15, -0.1) is 0 Å². The fourth-order valence-electron chi connectivity index (χ4n) is 2.96. The summed E-state index contributed by atoms with van der Waals surface area (Å²) in [6.07, 6.45) is 2.46. The number of imide groups is 1. The topological polar surface area (TPSA) is 116 Å². The molecule has 3 aromatic rings. The molecular formula is C22H22N4O4. The number of carbonyl (C=O) groups excluding carboxylic acids is 3. The number of amides is 3. The normalized spacial score (nSPS) is 10.5. The van der Waals surface area contributed by atoms with E-state index in [-0.39, 0.29) is 5.56 Å². The third-order valence-electron chi connectivity index (χ3n) is 4.53. The highest BCUT2D eigenvalue weighted by molar-refractivity contribution is 5.99. The molecule has 3 rings (SSSR count). The van der Waals surface area contributed by atoms with Crippen LogP contribution in [0.4, 0.5) is 4.79 Å². The molecule has 0 aliphatic carbocycles. The largest absolute Gasteiger partial charge is 0.452 e. The number of urea groups is 1. The van der Waals surface area contributed by atoms with Crippen LogP contribution in [-0.4, -0.2) is 34.3 Å². The Hall–Kier alpha value is -3.94. The van der Waals surface area contributed by atoms with Gasteiger partial charge in [0.1, 0.15) is 11.3 Å². The molecule has 0 radical (unpaired) electrons. The lowest BCUT2D eigenvalue weighted by atomic mass is 10.1. The second kappa shape index (κ2) is 9.04. The maximum Gasteiger partial charge on any atom is 0.342 e. The highest BCUT2D eigenvalue weighted by Gasteiger charge is 2.21. The summed E-state index contributed by atoms with van der Waals surface area (Å²) in [5.74, 6) is -1.54. The van der Waals surface area contributed by atoms with Crippen molar-refractivity contribution in [2.24, 2.45) is 5.73 Å². The minimum atomic E-state index is -1.01. The van der Waals surface area contributed by atoms with E-state index < -0.39 is 24.5 Å². The van der Waals surface area contributed by atoms with E-state index in [1.807, 2.05) is 60.8 Å². The zero-order valence-corrected chi connectivity index (χ0v) is 16.7. The number of benzene rings is 2. The van der Waals surface area contributed by atoms with Crippen LogP contribution in [0.25, 0.3) is 16.9 Å². The van der Waals surface area contributed by atoms with Gasteiger partial charge in [-0.3, -0.25) is 10.1 Å². The molecule has 0 atom stereocenters. The maximum absolute atomic E-state index is 12.7. The van der Waals surface area contributed by atoms with Gasteiger partial charge in [-0.1, -0.05) is 49.4 Å². The van der Waals surface area contributed by atoms with Crippen LogP contribution >= 0.6 is 0 Å². The van der Waals surface area contributed by atoms with Crippen molar-refractivity contribution < 1.29 is 19.1 Å². The fraction of sp³-hybridized carbons (Fsp3) is 0.182. The Morgan fingerprint density at radius 3 is 2.43 bits per heavy atom. The second-order valence-corrected chi connectivity index (χ2v) is 6.66. The van der Waals surface area contributed by atoms with Crippen LogP contribution in [0, 0.1) is 6.92 Å². The number of aromatic nitrogens is 2. The average molecular weight is 406 g/mol. The first-order valence-electron chi connectivity index (χ1n) is 9.40. The number of esters is 1. The van der Waals surface area contributed by atoms with Crippen molar-refractivity contribution in [2.75, 3.05) is 6.61 Å². The highest BCUT2D eigenvalue weighted by Crippen LogP contribution is 2.26. The van der Waals surface area contributed by atoms with Gasteiger partial charge in [-0.05, 0) is 30.5 Å². The summed E-state index contributed by atoms with van der Waals surface area (Å²) in [5.41, 5.74) is 9.22. The Morgan fingerprint density at radius 1 is 1.10 bits per heavy atom. The molecule has 0 saturated carbocycles. The molecule has 8 heteroatoms. The van der Waals surface area contributed by atoms with Gasteiger partial charge in [-0.2, -0.15) is 5.10 Å². The predicted octanol–water partition coefficient (Wildman–Crippen LogP) is 2.76. The first kappa shape index (κ1) is 20.8. The van der Waals surface area contributed by atoms with Crippen molar-refractivity contribution in [1.82, 2.24) is 15.1 Å². The molecule has 8 nitrogen and oxygen atoms in total. The van der Waals surface area contributed by atoms with Crippen molar-refractivity contribution >= 4 is 17.9 Å². The number of hydrogen-bond acceptors (Lipinski definition) is 5. The number of ether oxygens (including phenoxy) is 1. The number of rotatable bonds is 6. The monoisotopic (exact) mass is 406 g/mol. The SMILES string of the molecule is CCc1ccc(-c2nn(-c3ccccc3C)cc2C(=O)OCC(=O)NC(N)=O)cc1. The summed E-state index contributed by atoms with van der Waals surface area (Å²) < 4.78 is 6.67. The quantitative estimate of drug-likeness (QED) is 0.611. The van der Waals surface area contributed by atoms with Gasteiger partial charge in [0.25, 0.3) is 5.91 Å². The Labute approximate surface area is 173 Å². The third kappa shape index (κ3) is 4.72. The molecule has 1 aromatic heterocycles. The summed E-state index contributed by atoms with van der Waals surface area (Å²) in [4.78, 5) is 35.0. The minimum Gasteiger partial charge on any atom is -0.452 e. The van der Waals surface area contributed by atoms with Crippen LogP contribution in [0.3, 0.4) is 0 Å². The van der Waals surface area contributed by atoms with E-state index in [1.165, 1.54) is 0 Å². The van der Waals surface area contributed by atoms with Crippen molar-refractivity contribution in [3.8, 4) is 16.9 Å². The molecule has 0 unspecified atom stereocenters. The summed E-state index contributed by atoms with van der Waals surface area (Å²) in [5, 5.41) is 6.45. The van der Waals surface area contributed by atoms with Crippen LogP contribution in [0.2, 0.25) is 0 Å². The summed E-state index contributed by atoms with van der Waals surface area (Å²) in [6, 6.07) is 14.3. The lowest BCUT2D eigenvalue weighted by Gasteiger charge is -2.05. The molecule has 0 aliphatic heterocycles. The van der Waals surface area contributed by atoms with E-state index in [0.717, 1.165) is 28.8 Å². The Bertz CT molecular complexity index is 1090. The summed E-state index contributed by atoms with van der Waals surface area (Å²) in [6.45, 7) is 3.37. The van der Waals surface area contributed by atoms with E-state index in [9.17, 15) is 14.4 Å². The standard InChI is InChI=1S/C22H22N4O4/c1-3-15-8-10-16(11-9-15)20-17(21(28)30-13-19(27)24-22(23)29)12-26(25-20)18-7-5-4-6-14(18)2/h4-12H,3,13H2,1-2H3,(H3,23,24,27,29). The minimum absolute atomic E-state index is 0.203. The first-order chi connectivity index (χ1) is 14.4. The van der Waals surface area contributed by atoms with Crippen molar-refractivity contribution in [3.63, 3.8) is 0 Å². The number of primary amides is 1. The fourth-order valence-corrected chi connectivity index (χ4v) is 2.96. The molecule has 30 heavy (non-hydrogen) atoms. The lowest BCUT2D eigenvalue weighted by Crippen LogP contribution is -2.37. The van der Waals surface area contributed by atoms with E-state index in [4.69, 9.17) is 10.5 Å². The first-order valence-corrected chi connectivity index (χ1v) is 9.40. The maximum atomic E-state index is 12.7. The Balaban J connectivity index is 1.97. The third-order valence-corrected chi connectivity index (χ3v) is 4.53. The van der Waals surface area contributed by atoms with Crippen LogP contribution in [0.1, 0.15) is 28.4 Å². The van der Waals surface area contributed by atoms with Gasteiger partial charge >= 0.3 is 12.0 Å². The van der Waals surface area contributed by atoms with E-state index in [0.29, 0.717) is 5.69 Å². The summed E-state index contributed by atoms with van der Waals surface area (Å²) in [7, 11) is 0. The molecule has 0 bridgehead atoms. The number of carbonyl (C=O) groups is 3. The van der Waals surface area contributed by atoms with Gasteiger partial charge < -0.3 is 10.5 Å². The van der Waals surface area contributed by atoms with Crippen LogP contribution in [-0.2, 0) is 16.0 Å². The molecular weight excluding hydrogens is 384 g/mol. The number of nitrogens with two attached hydrogens (primary N) is 1. The van der Waals surface area contributed by atoms with Crippen LogP contribution < -0.4 is 11.1 Å². The molecule has 0 aliphatic rings. The van der Waals surface area contributed by atoms with Gasteiger partial charge in [0, 0.05) is 11.8 Å². The number of nitrogens with zero attached hydrogens (tertiary/aromatic N) is 2. The van der Waals surface area contributed by atoms with Crippen molar-refractivity contribution in [3.05, 3.63) is 71.4 Å². The average Bonchev–Trinajstić information content (AvgIpc) is 3.17. The molecule has 3 amide bonds. The van der Waals surface area contributed by atoms with Crippen molar-refractivity contribution in [2.45, 2.75) is 20.3 Å². The number of nitrogens with one attached hydrogen (secondary N) is 1. The van der Waals surface area contributed by atoms with E-state index >= 15 is 0 Å². The predicted molar refractivity (Wildman–Crippen MR) is 111 cm³/mol. The zero-order chi connectivity index (χ0) is 21.7. The number of hydrogen-bond donors (Lipinski definition) is 2. The molecule has 1 heterocycles. The smallest absolute Gasteiger partial charge is 0.342 e. The van der Waals surface area contributed by atoms with Gasteiger partial charge in [0.05, 0.1) is 5.69 Å². The molecule has 0 spiro atoms. The molecule has 0 saturated heterocycles. The molecule has 154 valence electrons. The molecule has 0 fully saturated rings. The van der Waals surface area contributed by atoms with E-state index in [1.54, 1.807) is 10.9 Å². The number of aryl methyl sites for hydroxylation is 2.